The molecule has 3 aromatic carbocycles. The van der Waals surface area contributed by atoms with Crippen LogP contribution in [-0.2, 0) is 21.7 Å². The van der Waals surface area contributed by atoms with Crippen molar-refractivity contribution in [2.75, 3.05) is 6.54 Å². The molecule has 0 aliphatic carbocycles. The molecule has 0 fully saturated rings. The smallest absolute Gasteiger partial charge is 0.252 e. The molecule has 0 saturated carbocycles. The molecular weight excluding hydrogens is 481 g/mol. The fraction of sp³-hybridized carbons (Fsp3) is 0.286. The zero-order valence-corrected chi connectivity index (χ0v) is 21.4. The molecule has 5 nitrogen and oxygen atoms in total. The second kappa shape index (κ2) is 10.4. The van der Waals surface area contributed by atoms with E-state index in [-0.39, 0.29) is 5.91 Å². The number of nitrogens with zero attached hydrogens (tertiary/aromatic N) is 2. The molecule has 1 aliphatic heterocycles. The summed E-state index contributed by atoms with van der Waals surface area (Å²) in [6, 6.07) is 24.5. The van der Waals surface area contributed by atoms with Crippen molar-refractivity contribution in [1.82, 2.24) is 5.01 Å². The van der Waals surface area contributed by atoms with E-state index in [1.54, 1.807) is 12.1 Å². The summed E-state index contributed by atoms with van der Waals surface area (Å²) in [4.78, 5) is 14.2. The van der Waals surface area contributed by atoms with Gasteiger partial charge in [-0.3, -0.25) is 4.79 Å². The normalized spacial score (nSPS) is 17.7. The largest absolute Gasteiger partial charge is 0.443 e. The lowest BCUT2D eigenvalue weighted by Crippen LogP contribution is -2.50. The van der Waals surface area contributed by atoms with Gasteiger partial charge in [-0.1, -0.05) is 91.6 Å². The van der Waals surface area contributed by atoms with Crippen LogP contribution < -0.4 is 5.73 Å². The van der Waals surface area contributed by atoms with Gasteiger partial charge in [0.05, 0.1) is 0 Å². The van der Waals surface area contributed by atoms with Crippen molar-refractivity contribution in [2.24, 2.45) is 16.3 Å². The molecule has 35 heavy (non-hydrogen) atoms. The minimum Gasteiger partial charge on any atom is -0.443 e. The Morgan fingerprint density at radius 1 is 1.03 bits per heavy atom. The molecule has 0 aromatic heterocycles. The van der Waals surface area contributed by atoms with Crippen molar-refractivity contribution in [3.63, 3.8) is 0 Å². The third-order valence-corrected chi connectivity index (χ3v) is 6.78. The Hall–Kier alpha value is -2.86. The van der Waals surface area contributed by atoms with E-state index in [2.05, 4.69) is 0 Å². The number of hydrazone groups is 1. The van der Waals surface area contributed by atoms with Crippen molar-refractivity contribution >= 4 is 35.0 Å². The number of halogens is 2. The SMILES string of the molecule is CC(C)(Cc1ccccc1Cl)C(=O)N1N=C(c2cccc(Cl)c2)OC1(CCCN)c1ccccc1. The van der Waals surface area contributed by atoms with Gasteiger partial charge in [0.15, 0.2) is 0 Å². The number of rotatable bonds is 8. The van der Waals surface area contributed by atoms with Gasteiger partial charge in [0.25, 0.3) is 5.91 Å². The summed E-state index contributed by atoms with van der Waals surface area (Å²) in [5, 5.41) is 7.45. The zero-order valence-electron chi connectivity index (χ0n) is 19.9. The molecular formula is C28H29Cl2N3O2. The number of carbonyl (C=O) groups is 1. The van der Waals surface area contributed by atoms with E-state index in [9.17, 15) is 4.79 Å². The molecule has 1 unspecified atom stereocenters. The fourth-order valence-corrected chi connectivity index (χ4v) is 4.74. The van der Waals surface area contributed by atoms with Gasteiger partial charge in [0.2, 0.25) is 11.6 Å². The van der Waals surface area contributed by atoms with Crippen molar-refractivity contribution in [3.8, 4) is 0 Å². The highest BCUT2D eigenvalue weighted by molar-refractivity contribution is 6.31. The van der Waals surface area contributed by atoms with Gasteiger partial charge in [0.1, 0.15) is 0 Å². The van der Waals surface area contributed by atoms with E-state index >= 15 is 0 Å². The lowest BCUT2D eigenvalue weighted by Gasteiger charge is -2.39. The number of amides is 1. The predicted molar refractivity (Wildman–Crippen MR) is 141 cm³/mol. The van der Waals surface area contributed by atoms with Crippen LogP contribution in [0.2, 0.25) is 10.0 Å². The maximum atomic E-state index is 14.2. The fourth-order valence-electron chi connectivity index (χ4n) is 4.35. The van der Waals surface area contributed by atoms with E-state index in [0.29, 0.717) is 47.3 Å². The molecule has 3 aromatic rings. The molecule has 1 atom stereocenters. The number of carbonyl (C=O) groups excluding carboxylic acids is 1. The second-order valence-electron chi connectivity index (χ2n) is 9.33. The Morgan fingerprint density at radius 3 is 2.43 bits per heavy atom. The van der Waals surface area contributed by atoms with Crippen LogP contribution in [0, 0.1) is 5.41 Å². The van der Waals surface area contributed by atoms with Gasteiger partial charge in [-0.15, -0.1) is 5.10 Å². The quantitative estimate of drug-likeness (QED) is 0.383. The Kier molecular flexibility index (Phi) is 7.50. The number of hydrogen-bond donors (Lipinski definition) is 1. The molecule has 0 radical (unpaired) electrons. The topological polar surface area (TPSA) is 67.9 Å². The average Bonchev–Trinajstić information content (AvgIpc) is 3.25. The summed E-state index contributed by atoms with van der Waals surface area (Å²) in [6.45, 7) is 4.27. The summed E-state index contributed by atoms with van der Waals surface area (Å²) in [5.41, 5.74) is 6.39. The van der Waals surface area contributed by atoms with Crippen LogP contribution in [0.1, 0.15) is 43.4 Å². The number of benzene rings is 3. The first-order valence-corrected chi connectivity index (χ1v) is 12.4. The minimum atomic E-state index is -1.13. The first-order chi connectivity index (χ1) is 16.8. The first-order valence-electron chi connectivity index (χ1n) is 11.6. The monoisotopic (exact) mass is 509 g/mol. The highest BCUT2D eigenvalue weighted by Gasteiger charge is 2.52. The molecule has 1 heterocycles. The molecule has 7 heteroatoms. The van der Waals surface area contributed by atoms with E-state index in [1.807, 2.05) is 80.6 Å². The Labute approximate surface area is 216 Å². The number of ether oxygens (including phenoxy) is 1. The summed E-state index contributed by atoms with van der Waals surface area (Å²) in [5.74, 6) is 0.172. The van der Waals surface area contributed by atoms with Crippen molar-refractivity contribution < 1.29 is 9.53 Å². The van der Waals surface area contributed by atoms with Crippen LogP contribution in [0.3, 0.4) is 0 Å². The van der Waals surface area contributed by atoms with Crippen molar-refractivity contribution in [3.05, 3.63) is 106 Å². The number of nitrogens with two attached hydrogens (primary N) is 1. The van der Waals surface area contributed by atoms with Gasteiger partial charge in [-0.05, 0) is 49.2 Å². The minimum absolute atomic E-state index is 0.171. The highest BCUT2D eigenvalue weighted by Crippen LogP contribution is 2.43. The predicted octanol–water partition coefficient (Wildman–Crippen LogP) is 6.37. The van der Waals surface area contributed by atoms with E-state index in [0.717, 1.165) is 11.1 Å². The van der Waals surface area contributed by atoms with Gasteiger partial charge < -0.3 is 10.5 Å². The Balaban J connectivity index is 1.80. The van der Waals surface area contributed by atoms with Crippen LogP contribution in [-0.4, -0.2) is 23.4 Å². The van der Waals surface area contributed by atoms with E-state index < -0.39 is 11.1 Å². The summed E-state index contributed by atoms with van der Waals surface area (Å²) in [6.07, 6.45) is 1.57. The van der Waals surface area contributed by atoms with Crippen molar-refractivity contribution in [2.45, 2.75) is 38.8 Å². The van der Waals surface area contributed by atoms with Crippen molar-refractivity contribution in [1.29, 1.82) is 0 Å². The lowest BCUT2D eigenvalue weighted by atomic mass is 9.83. The molecule has 0 bridgehead atoms. The molecule has 0 saturated heterocycles. The summed E-state index contributed by atoms with van der Waals surface area (Å²) < 4.78 is 6.60. The second-order valence-corrected chi connectivity index (χ2v) is 10.2. The summed E-state index contributed by atoms with van der Waals surface area (Å²) >= 11 is 12.7. The first kappa shape index (κ1) is 25.2. The summed E-state index contributed by atoms with van der Waals surface area (Å²) in [7, 11) is 0. The van der Waals surface area contributed by atoms with E-state index in [1.165, 1.54) is 5.01 Å². The molecule has 1 aliphatic rings. The Morgan fingerprint density at radius 2 is 1.74 bits per heavy atom. The molecule has 182 valence electrons. The maximum absolute atomic E-state index is 14.2. The number of hydrogen-bond acceptors (Lipinski definition) is 4. The van der Waals surface area contributed by atoms with Gasteiger partial charge >= 0.3 is 0 Å². The lowest BCUT2D eigenvalue weighted by molar-refractivity contribution is -0.162. The van der Waals surface area contributed by atoms with Crippen LogP contribution in [0.5, 0.6) is 0 Å². The van der Waals surface area contributed by atoms with Gasteiger partial charge in [0, 0.05) is 33.0 Å². The zero-order chi connectivity index (χ0) is 25.1. The van der Waals surface area contributed by atoms with Crippen LogP contribution in [0.4, 0.5) is 0 Å². The standard InChI is InChI=1S/C28H29Cl2N3O2/c1-27(2,19-21-10-6-7-15-24(21)30)26(34)33-28(16-9-17-31,22-12-4-3-5-13-22)35-25(32-33)20-11-8-14-23(29)18-20/h3-8,10-15,18H,9,16-17,19,31H2,1-2H3. The van der Waals surface area contributed by atoms with E-state index in [4.69, 9.17) is 38.8 Å². The van der Waals surface area contributed by atoms with Crippen LogP contribution >= 0.6 is 23.2 Å². The maximum Gasteiger partial charge on any atom is 0.252 e. The van der Waals surface area contributed by atoms with Crippen LogP contribution in [0.25, 0.3) is 0 Å². The molecule has 1 amide bonds. The highest BCUT2D eigenvalue weighted by atomic mass is 35.5. The van der Waals surface area contributed by atoms with Crippen LogP contribution in [0.15, 0.2) is 84.0 Å². The van der Waals surface area contributed by atoms with Gasteiger partial charge in [-0.25, -0.2) is 0 Å². The van der Waals surface area contributed by atoms with Gasteiger partial charge in [-0.2, -0.15) is 5.01 Å². The Bertz CT molecular complexity index is 1230. The molecule has 2 N–H and O–H groups in total. The molecule has 4 rings (SSSR count). The third kappa shape index (κ3) is 5.22. The third-order valence-electron chi connectivity index (χ3n) is 6.18. The molecule has 0 spiro atoms. The average molecular weight is 510 g/mol.